The fraction of sp³-hybridized carbons (Fsp3) is 0.611. The molecule has 2 aromatic carbocycles. The highest BCUT2D eigenvalue weighted by molar-refractivity contribution is 6.60. The number of nitrogens with one attached hydrogen (secondary N) is 1. The summed E-state index contributed by atoms with van der Waals surface area (Å²) in [5, 5.41) is 4.98. The van der Waals surface area contributed by atoms with Crippen LogP contribution in [0.1, 0.15) is 97.5 Å². The van der Waals surface area contributed by atoms with Gasteiger partial charge in [-0.25, -0.2) is 9.59 Å². The van der Waals surface area contributed by atoms with Crippen LogP contribution >= 0.6 is 0 Å². The van der Waals surface area contributed by atoms with Crippen LogP contribution in [-0.2, 0) is 27.5 Å². The quantitative estimate of drug-likeness (QED) is 0.0465. The van der Waals surface area contributed by atoms with Crippen molar-refractivity contribution in [2.75, 3.05) is 46.2 Å². The number of amides is 1. The molecule has 0 atom stereocenters. The summed E-state index contributed by atoms with van der Waals surface area (Å²) >= 11 is 0. The van der Waals surface area contributed by atoms with Gasteiger partial charge in [-0.1, -0.05) is 50.8 Å². The van der Waals surface area contributed by atoms with Crippen molar-refractivity contribution in [3.63, 3.8) is 0 Å². The van der Waals surface area contributed by atoms with Gasteiger partial charge in [0.1, 0.15) is 5.75 Å². The first-order valence-corrected chi connectivity index (χ1v) is 19.2. The van der Waals surface area contributed by atoms with Crippen LogP contribution in [0.25, 0.3) is 16.8 Å². The number of benzene rings is 2. The molecule has 46 heavy (non-hydrogen) atoms. The minimum absolute atomic E-state index is 0.350. The van der Waals surface area contributed by atoms with Gasteiger partial charge in [0.15, 0.2) is 0 Å². The van der Waals surface area contributed by atoms with E-state index in [1.165, 1.54) is 31.8 Å². The van der Waals surface area contributed by atoms with Gasteiger partial charge in [-0.15, -0.1) is 0 Å². The summed E-state index contributed by atoms with van der Waals surface area (Å²) in [6, 6.07) is 12.8. The number of ether oxygens (including phenoxy) is 3. The molecule has 0 aliphatic carbocycles. The van der Waals surface area contributed by atoms with Crippen LogP contribution in [0.3, 0.4) is 0 Å². The molecular weight excluding hydrogens is 602 g/mol. The van der Waals surface area contributed by atoms with E-state index in [1.54, 1.807) is 6.08 Å². The number of unbranched alkanes of at least 4 members (excludes halogenated alkanes) is 7. The summed E-state index contributed by atoms with van der Waals surface area (Å²) in [5.74, 6) is 0.536. The molecule has 0 fully saturated rings. The van der Waals surface area contributed by atoms with Crippen molar-refractivity contribution in [1.82, 2.24) is 5.32 Å². The first-order valence-electron chi connectivity index (χ1n) is 17.3. The number of carbonyl (C=O) groups excluding carboxylic acids is 2. The highest BCUT2D eigenvalue weighted by Crippen LogP contribution is 2.23. The number of rotatable bonds is 26. The van der Waals surface area contributed by atoms with Crippen LogP contribution in [-0.4, -0.2) is 67.1 Å². The Labute approximate surface area is 277 Å². The standard InChI is InChI=1S/C36H57NO8Si/c1-5-9-10-11-14-25-40-34-22-21-32-29-31(18-20-33(32)30-34)19-23-35(38)41-26-15-12-13-16-27-42-36(39)37-24-17-28-46(43-6-2,44-7-3)45-8-4/h18-23,29-30H,5-17,24-28H2,1-4H3,(H,37,39). The van der Waals surface area contributed by atoms with Crippen LogP contribution in [0.4, 0.5) is 4.79 Å². The van der Waals surface area contributed by atoms with Crippen molar-refractivity contribution < 1.29 is 37.1 Å². The molecule has 2 aromatic rings. The second-order valence-corrected chi connectivity index (χ2v) is 13.8. The van der Waals surface area contributed by atoms with E-state index in [1.807, 2.05) is 39.0 Å². The van der Waals surface area contributed by atoms with E-state index in [-0.39, 0.29) is 5.97 Å². The van der Waals surface area contributed by atoms with Gasteiger partial charge < -0.3 is 32.8 Å². The Morgan fingerprint density at radius 1 is 0.696 bits per heavy atom. The van der Waals surface area contributed by atoms with Gasteiger partial charge in [0.2, 0.25) is 0 Å². The fourth-order valence-corrected chi connectivity index (χ4v) is 7.60. The number of fused-ring (bicyclic) bond motifs is 1. The Hall–Kier alpha value is -2.92. The van der Waals surface area contributed by atoms with Crippen molar-refractivity contribution in [2.24, 2.45) is 0 Å². The molecule has 1 N–H and O–H groups in total. The third-order valence-corrected chi connectivity index (χ3v) is 10.5. The van der Waals surface area contributed by atoms with Crippen molar-refractivity contribution in [2.45, 2.75) is 97.9 Å². The maximum Gasteiger partial charge on any atom is 0.500 e. The summed E-state index contributed by atoms with van der Waals surface area (Å²) in [5.41, 5.74) is 0.939. The maximum atomic E-state index is 12.2. The second-order valence-electron chi connectivity index (χ2n) is 11.1. The van der Waals surface area contributed by atoms with Crippen LogP contribution in [0, 0.1) is 0 Å². The molecule has 0 bridgehead atoms. The normalized spacial score (nSPS) is 11.7. The lowest BCUT2D eigenvalue weighted by Gasteiger charge is -2.28. The molecule has 0 heterocycles. The molecular formula is C36H57NO8Si. The van der Waals surface area contributed by atoms with Gasteiger partial charge in [-0.3, -0.25) is 0 Å². The van der Waals surface area contributed by atoms with Crippen LogP contribution in [0.2, 0.25) is 6.04 Å². The van der Waals surface area contributed by atoms with Gasteiger partial charge in [-0.05, 0) is 99.9 Å². The van der Waals surface area contributed by atoms with E-state index in [9.17, 15) is 9.59 Å². The van der Waals surface area contributed by atoms with Crippen LogP contribution in [0.5, 0.6) is 5.75 Å². The van der Waals surface area contributed by atoms with E-state index in [0.717, 1.165) is 60.8 Å². The zero-order valence-corrected chi connectivity index (χ0v) is 29.6. The minimum atomic E-state index is -2.69. The van der Waals surface area contributed by atoms with Gasteiger partial charge in [0.05, 0.1) is 19.8 Å². The lowest BCUT2D eigenvalue weighted by molar-refractivity contribution is -0.137. The zero-order valence-electron chi connectivity index (χ0n) is 28.6. The SMILES string of the molecule is CCCCCCCOc1ccc2cc(C=CC(=O)OCCCCCCOC(=O)NCCC[Si](OCC)(OCC)OCC)ccc2c1. The van der Waals surface area contributed by atoms with Gasteiger partial charge in [0, 0.05) is 38.5 Å². The fourth-order valence-electron chi connectivity index (χ4n) is 4.99. The molecule has 0 unspecified atom stereocenters. The molecule has 0 aliphatic rings. The minimum Gasteiger partial charge on any atom is -0.494 e. The Bertz CT molecular complexity index is 1140. The van der Waals surface area contributed by atoms with E-state index >= 15 is 0 Å². The monoisotopic (exact) mass is 659 g/mol. The molecule has 1 amide bonds. The average Bonchev–Trinajstić information content (AvgIpc) is 3.05. The summed E-state index contributed by atoms with van der Waals surface area (Å²) in [6.07, 6.45) is 12.9. The Kier molecular flexibility index (Phi) is 20.7. The smallest absolute Gasteiger partial charge is 0.494 e. The molecule has 0 saturated heterocycles. The molecule has 258 valence electrons. The Morgan fingerprint density at radius 3 is 1.98 bits per heavy atom. The predicted molar refractivity (Wildman–Crippen MR) is 186 cm³/mol. The van der Waals surface area contributed by atoms with Gasteiger partial charge in [-0.2, -0.15) is 0 Å². The number of carbonyl (C=O) groups is 2. The highest BCUT2D eigenvalue weighted by Gasteiger charge is 2.39. The van der Waals surface area contributed by atoms with Gasteiger partial charge in [0.25, 0.3) is 0 Å². The topological polar surface area (TPSA) is 102 Å². The number of esters is 1. The first kappa shape index (κ1) is 39.3. The summed E-state index contributed by atoms with van der Waals surface area (Å²) in [6.45, 7) is 11.5. The van der Waals surface area contributed by atoms with E-state index < -0.39 is 14.9 Å². The highest BCUT2D eigenvalue weighted by atomic mass is 28.4. The number of hydrogen-bond donors (Lipinski definition) is 1. The molecule has 0 spiro atoms. The lowest BCUT2D eigenvalue weighted by Crippen LogP contribution is -2.46. The third-order valence-electron chi connectivity index (χ3n) is 7.30. The molecule has 9 nitrogen and oxygen atoms in total. The van der Waals surface area contributed by atoms with Crippen molar-refractivity contribution in [3.05, 3.63) is 48.0 Å². The van der Waals surface area contributed by atoms with Crippen molar-refractivity contribution in [3.8, 4) is 5.75 Å². The molecule has 2 rings (SSSR count). The van der Waals surface area contributed by atoms with E-state index in [2.05, 4.69) is 30.4 Å². The largest absolute Gasteiger partial charge is 0.500 e. The Morgan fingerprint density at radius 2 is 1.30 bits per heavy atom. The molecule has 0 radical (unpaired) electrons. The zero-order chi connectivity index (χ0) is 33.3. The maximum absolute atomic E-state index is 12.2. The number of hydrogen-bond acceptors (Lipinski definition) is 8. The third kappa shape index (κ3) is 16.6. The molecule has 0 saturated carbocycles. The number of alkyl carbamates (subject to hydrolysis) is 1. The predicted octanol–water partition coefficient (Wildman–Crippen LogP) is 8.47. The summed E-state index contributed by atoms with van der Waals surface area (Å²) in [4.78, 5) is 24.2. The average molecular weight is 660 g/mol. The molecule has 0 aromatic heterocycles. The molecule has 0 aliphatic heterocycles. The van der Waals surface area contributed by atoms with Crippen LogP contribution < -0.4 is 10.1 Å². The van der Waals surface area contributed by atoms with Crippen molar-refractivity contribution >= 4 is 37.7 Å². The van der Waals surface area contributed by atoms with Gasteiger partial charge >= 0.3 is 20.9 Å². The van der Waals surface area contributed by atoms with Crippen LogP contribution in [0.15, 0.2) is 42.5 Å². The van der Waals surface area contributed by atoms with Crippen molar-refractivity contribution in [1.29, 1.82) is 0 Å². The van der Waals surface area contributed by atoms with E-state index in [0.29, 0.717) is 52.0 Å². The molecule has 10 heteroatoms. The summed E-state index contributed by atoms with van der Waals surface area (Å²) < 4.78 is 34.0. The second kappa shape index (κ2) is 24.3. The summed E-state index contributed by atoms with van der Waals surface area (Å²) in [7, 11) is -2.69. The Balaban J connectivity index is 1.54. The van der Waals surface area contributed by atoms with E-state index in [4.69, 9.17) is 27.5 Å². The first-order chi connectivity index (χ1) is 22.4. The lowest BCUT2D eigenvalue weighted by atomic mass is 10.1.